The first-order chi connectivity index (χ1) is 16.7. The van der Waals surface area contributed by atoms with Gasteiger partial charge in [0.2, 0.25) is 17.7 Å². The Morgan fingerprint density at radius 1 is 1.11 bits per heavy atom. The second-order valence-corrected chi connectivity index (χ2v) is 12.4. The molecule has 3 saturated heterocycles. The number of thioether (sulfide) groups is 1. The predicted octanol–water partition coefficient (Wildman–Crippen LogP) is 3.97. The Labute approximate surface area is 212 Å². The van der Waals surface area contributed by atoms with E-state index in [1.165, 1.54) is 6.42 Å². The molecule has 1 aromatic carbocycles. The van der Waals surface area contributed by atoms with Gasteiger partial charge in [0, 0.05) is 22.2 Å². The molecule has 2 bridgehead atoms. The summed E-state index contributed by atoms with van der Waals surface area (Å²) < 4.78 is 6.53. The summed E-state index contributed by atoms with van der Waals surface area (Å²) in [6, 6.07) is 7.13. The van der Waals surface area contributed by atoms with Gasteiger partial charge in [0.1, 0.15) is 11.6 Å². The van der Waals surface area contributed by atoms with Crippen molar-refractivity contribution < 1.29 is 19.1 Å². The van der Waals surface area contributed by atoms with Crippen LogP contribution < -0.4 is 10.6 Å². The SMILES string of the molecule is CSc1cccc(NC(=O)C2C3CCC4(O3)C2C(=O)N(C(C)(C)C)C4C(=O)NC2CCCCC2)c1. The number of hydrogen-bond donors (Lipinski definition) is 2. The molecular weight excluding hydrogens is 462 g/mol. The number of anilines is 1. The first kappa shape index (κ1) is 24.6. The molecule has 2 N–H and O–H groups in total. The number of benzene rings is 1. The van der Waals surface area contributed by atoms with Gasteiger partial charge in [0.15, 0.2) is 0 Å². The van der Waals surface area contributed by atoms with Gasteiger partial charge >= 0.3 is 0 Å². The molecule has 4 fully saturated rings. The molecule has 5 rings (SSSR count). The Morgan fingerprint density at radius 3 is 2.54 bits per heavy atom. The molecule has 5 atom stereocenters. The van der Waals surface area contributed by atoms with Crippen molar-refractivity contribution in [1.29, 1.82) is 0 Å². The van der Waals surface area contributed by atoms with E-state index in [1.54, 1.807) is 16.7 Å². The van der Waals surface area contributed by atoms with Gasteiger partial charge in [-0.15, -0.1) is 11.8 Å². The van der Waals surface area contributed by atoms with Crippen LogP contribution in [0, 0.1) is 11.8 Å². The molecule has 7 nitrogen and oxygen atoms in total. The average Bonchev–Trinajstić information content (AvgIpc) is 3.47. The van der Waals surface area contributed by atoms with Crippen molar-refractivity contribution in [2.45, 2.75) is 99.9 Å². The summed E-state index contributed by atoms with van der Waals surface area (Å²) in [5, 5.41) is 6.29. The van der Waals surface area contributed by atoms with Gasteiger partial charge < -0.3 is 20.3 Å². The van der Waals surface area contributed by atoms with E-state index in [2.05, 4.69) is 10.6 Å². The van der Waals surface area contributed by atoms with Crippen molar-refractivity contribution in [2.75, 3.05) is 11.6 Å². The Morgan fingerprint density at radius 2 is 1.86 bits per heavy atom. The Kier molecular flexibility index (Phi) is 6.41. The number of likely N-dealkylation sites (tertiary alicyclic amines) is 1. The summed E-state index contributed by atoms with van der Waals surface area (Å²) in [5.41, 5.74) is -0.806. The third-order valence-electron chi connectivity index (χ3n) is 8.26. The first-order valence-electron chi connectivity index (χ1n) is 12.9. The van der Waals surface area contributed by atoms with Crippen molar-refractivity contribution >= 4 is 35.2 Å². The smallest absolute Gasteiger partial charge is 0.246 e. The standard InChI is InChI=1S/C27H37N3O4S/c1-26(2,3)30-22(24(32)28-16-9-6-5-7-10-16)27-14-13-19(34-27)20(21(27)25(30)33)23(31)29-17-11-8-12-18(15-17)35-4/h8,11-12,15-16,19-22H,5-7,9-10,13-14H2,1-4H3,(H,28,32)(H,29,31). The second-order valence-electron chi connectivity index (χ2n) is 11.5. The van der Waals surface area contributed by atoms with E-state index >= 15 is 0 Å². The molecule has 1 spiro atoms. The van der Waals surface area contributed by atoms with Crippen LogP contribution in [0.2, 0.25) is 0 Å². The molecule has 190 valence electrons. The van der Waals surface area contributed by atoms with Crippen LogP contribution in [-0.4, -0.2) is 58.2 Å². The van der Waals surface area contributed by atoms with E-state index in [-0.39, 0.29) is 29.9 Å². The van der Waals surface area contributed by atoms with E-state index in [1.807, 2.05) is 51.3 Å². The first-order valence-corrected chi connectivity index (χ1v) is 14.1. The average molecular weight is 500 g/mol. The third kappa shape index (κ3) is 4.16. The molecule has 35 heavy (non-hydrogen) atoms. The number of carbonyl (C=O) groups is 3. The second kappa shape index (κ2) is 9.11. The zero-order chi connectivity index (χ0) is 25.0. The fourth-order valence-corrected chi connectivity index (χ4v) is 7.29. The van der Waals surface area contributed by atoms with Crippen LogP contribution in [-0.2, 0) is 19.1 Å². The Balaban J connectivity index is 1.44. The van der Waals surface area contributed by atoms with Crippen LogP contribution in [0.5, 0.6) is 0 Å². The number of carbonyl (C=O) groups excluding carboxylic acids is 3. The molecular formula is C27H37N3O4S. The van der Waals surface area contributed by atoms with Gasteiger partial charge in [-0.3, -0.25) is 14.4 Å². The number of hydrogen-bond acceptors (Lipinski definition) is 5. The molecule has 1 aliphatic carbocycles. The zero-order valence-electron chi connectivity index (χ0n) is 21.1. The number of nitrogens with one attached hydrogen (secondary N) is 2. The molecule has 3 aliphatic heterocycles. The summed E-state index contributed by atoms with van der Waals surface area (Å²) >= 11 is 1.61. The maximum atomic E-state index is 14.0. The van der Waals surface area contributed by atoms with E-state index in [9.17, 15) is 14.4 Å². The van der Waals surface area contributed by atoms with E-state index < -0.39 is 29.0 Å². The fourth-order valence-electron chi connectivity index (χ4n) is 6.83. The third-order valence-corrected chi connectivity index (χ3v) is 8.99. The highest BCUT2D eigenvalue weighted by molar-refractivity contribution is 7.98. The van der Waals surface area contributed by atoms with Crippen LogP contribution in [0.3, 0.4) is 0 Å². The lowest BCUT2D eigenvalue weighted by Crippen LogP contribution is -2.60. The van der Waals surface area contributed by atoms with Crippen molar-refractivity contribution in [3.05, 3.63) is 24.3 Å². The zero-order valence-corrected chi connectivity index (χ0v) is 22.0. The maximum absolute atomic E-state index is 14.0. The van der Waals surface area contributed by atoms with E-state index in [0.717, 1.165) is 30.6 Å². The van der Waals surface area contributed by atoms with Crippen molar-refractivity contribution in [3.8, 4) is 0 Å². The van der Waals surface area contributed by atoms with Crippen molar-refractivity contribution in [2.24, 2.45) is 11.8 Å². The van der Waals surface area contributed by atoms with Crippen LogP contribution >= 0.6 is 11.8 Å². The minimum atomic E-state index is -0.948. The lowest BCUT2D eigenvalue weighted by molar-refractivity contribution is -0.147. The van der Waals surface area contributed by atoms with Gasteiger partial charge in [-0.25, -0.2) is 0 Å². The highest BCUT2D eigenvalue weighted by Crippen LogP contribution is 2.59. The van der Waals surface area contributed by atoms with Gasteiger partial charge in [0.25, 0.3) is 0 Å². The molecule has 0 aromatic heterocycles. The summed E-state index contributed by atoms with van der Waals surface area (Å²) in [7, 11) is 0. The number of fused-ring (bicyclic) bond motifs is 1. The summed E-state index contributed by atoms with van der Waals surface area (Å²) in [6.45, 7) is 5.87. The van der Waals surface area contributed by atoms with Crippen LogP contribution in [0.1, 0.15) is 65.7 Å². The molecule has 8 heteroatoms. The molecule has 3 heterocycles. The van der Waals surface area contributed by atoms with Gasteiger partial charge in [-0.1, -0.05) is 25.3 Å². The predicted molar refractivity (Wildman–Crippen MR) is 136 cm³/mol. The molecule has 1 aromatic rings. The Hall–Kier alpha value is -2.06. The number of ether oxygens (including phenoxy) is 1. The molecule has 4 aliphatic rings. The lowest BCUT2D eigenvalue weighted by Gasteiger charge is -2.41. The number of nitrogens with zero attached hydrogens (tertiary/aromatic N) is 1. The van der Waals surface area contributed by atoms with Crippen LogP contribution in [0.25, 0.3) is 0 Å². The van der Waals surface area contributed by atoms with Crippen LogP contribution in [0.15, 0.2) is 29.2 Å². The lowest BCUT2D eigenvalue weighted by atomic mass is 9.70. The fraction of sp³-hybridized carbons (Fsp3) is 0.667. The molecule has 1 saturated carbocycles. The monoisotopic (exact) mass is 499 g/mol. The van der Waals surface area contributed by atoms with E-state index in [0.29, 0.717) is 18.5 Å². The minimum Gasteiger partial charge on any atom is -0.367 e. The van der Waals surface area contributed by atoms with Crippen molar-refractivity contribution in [3.63, 3.8) is 0 Å². The number of amides is 3. The van der Waals surface area contributed by atoms with Crippen LogP contribution in [0.4, 0.5) is 5.69 Å². The van der Waals surface area contributed by atoms with E-state index in [4.69, 9.17) is 4.74 Å². The summed E-state index contributed by atoms with van der Waals surface area (Å²) in [6.07, 6.45) is 8.33. The van der Waals surface area contributed by atoms with Gasteiger partial charge in [-0.05, 0) is 70.9 Å². The highest BCUT2D eigenvalue weighted by atomic mass is 32.2. The Bertz CT molecular complexity index is 1020. The quantitative estimate of drug-likeness (QED) is 0.599. The van der Waals surface area contributed by atoms with Gasteiger partial charge in [0.05, 0.1) is 17.9 Å². The largest absolute Gasteiger partial charge is 0.367 e. The summed E-state index contributed by atoms with van der Waals surface area (Å²) in [5.74, 6) is -1.72. The minimum absolute atomic E-state index is 0.128. The molecule has 3 amide bonds. The van der Waals surface area contributed by atoms with Crippen molar-refractivity contribution in [1.82, 2.24) is 10.2 Å². The number of rotatable bonds is 5. The normalized spacial score (nSPS) is 32.6. The van der Waals surface area contributed by atoms with Gasteiger partial charge in [-0.2, -0.15) is 0 Å². The topological polar surface area (TPSA) is 87.7 Å². The molecule has 5 unspecified atom stereocenters. The molecule has 0 radical (unpaired) electrons. The summed E-state index contributed by atoms with van der Waals surface area (Å²) in [4.78, 5) is 44.1. The maximum Gasteiger partial charge on any atom is 0.246 e. The highest BCUT2D eigenvalue weighted by Gasteiger charge is 2.75.